The Balaban J connectivity index is 1.66. The van der Waals surface area contributed by atoms with Crippen molar-refractivity contribution < 1.29 is 4.79 Å². The zero-order valence-corrected chi connectivity index (χ0v) is 14.5. The summed E-state index contributed by atoms with van der Waals surface area (Å²) in [4.78, 5) is 17.6. The maximum Gasteiger partial charge on any atom is 0.255 e. The van der Waals surface area contributed by atoms with Crippen LogP contribution in [0.5, 0.6) is 0 Å². The number of benzene rings is 1. The number of fused-ring (bicyclic) bond motifs is 4. The number of hydrogen-bond acceptors (Lipinski definition) is 3. The lowest BCUT2D eigenvalue weighted by molar-refractivity contribution is 0.0587. The van der Waals surface area contributed by atoms with Gasteiger partial charge in [0.1, 0.15) is 0 Å². The highest BCUT2D eigenvalue weighted by Gasteiger charge is 2.36. The Bertz CT molecular complexity index is 745. The molecule has 2 bridgehead atoms. The predicted octanol–water partition coefficient (Wildman–Crippen LogP) is 2.69. The lowest BCUT2D eigenvalue weighted by Gasteiger charge is -2.36. The normalized spacial score (nSPS) is 24.2. The number of amides is 1. The molecule has 126 valence electrons. The van der Waals surface area contributed by atoms with Crippen molar-refractivity contribution in [3.63, 3.8) is 0 Å². The summed E-state index contributed by atoms with van der Waals surface area (Å²) in [5.41, 5.74) is 1.42. The van der Waals surface area contributed by atoms with E-state index in [1.54, 1.807) is 16.9 Å². The molecule has 3 aliphatic rings. The standard InChI is InChI=1S/C18H21ClN4O/c1-21-10-13-3-4-15(12-21)22(11-13)18(24)16-9-14(5-6-17(16)19)23-8-2-7-20-23/h2,5-9,13,15H,3-4,10-12H2,1H3/t13-,15+/m1/s1. The smallest absolute Gasteiger partial charge is 0.255 e. The van der Waals surface area contributed by atoms with E-state index in [2.05, 4.69) is 17.0 Å². The molecule has 3 aliphatic heterocycles. The SMILES string of the molecule is CN1C[C@H]2CC[C@@H](C1)N(C(=O)c1cc(-n3cccn3)ccc1Cl)C2. The fourth-order valence-corrected chi connectivity index (χ4v) is 4.16. The molecule has 0 N–H and O–H groups in total. The fourth-order valence-electron chi connectivity index (χ4n) is 3.96. The van der Waals surface area contributed by atoms with E-state index in [-0.39, 0.29) is 11.9 Å². The van der Waals surface area contributed by atoms with Crippen molar-refractivity contribution in [3.8, 4) is 5.69 Å². The summed E-state index contributed by atoms with van der Waals surface area (Å²) in [5.74, 6) is 0.602. The second-order valence-electron chi connectivity index (χ2n) is 6.89. The van der Waals surface area contributed by atoms with Gasteiger partial charge in [0.05, 0.1) is 16.3 Å². The van der Waals surface area contributed by atoms with Gasteiger partial charge in [-0.05, 0) is 50.1 Å². The molecule has 0 aliphatic carbocycles. The van der Waals surface area contributed by atoms with Gasteiger partial charge in [0.2, 0.25) is 0 Å². The maximum atomic E-state index is 13.2. The summed E-state index contributed by atoms with van der Waals surface area (Å²) in [6.45, 7) is 2.84. The van der Waals surface area contributed by atoms with Gasteiger partial charge in [-0.2, -0.15) is 5.10 Å². The monoisotopic (exact) mass is 344 g/mol. The average Bonchev–Trinajstić information content (AvgIpc) is 2.98. The van der Waals surface area contributed by atoms with E-state index in [0.29, 0.717) is 16.5 Å². The summed E-state index contributed by atoms with van der Waals surface area (Å²) in [6, 6.07) is 7.66. The number of carbonyl (C=O) groups excluding carboxylic acids is 1. The van der Waals surface area contributed by atoms with E-state index < -0.39 is 0 Å². The Labute approximate surface area is 146 Å². The van der Waals surface area contributed by atoms with Crippen LogP contribution in [0.4, 0.5) is 0 Å². The topological polar surface area (TPSA) is 41.4 Å². The molecule has 3 fully saturated rings. The largest absolute Gasteiger partial charge is 0.334 e. The molecule has 0 saturated carbocycles. The third-order valence-corrected chi connectivity index (χ3v) is 5.44. The van der Waals surface area contributed by atoms with Crippen LogP contribution >= 0.6 is 11.6 Å². The third-order valence-electron chi connectivity index (χ3n) is 5.11. The number of likely N-dealkylation sites (N-methyl/N-ethyl adjacent to an activating group) is 1. The van der Waals surface area contributed by atoms with Gasteiger partial charge < -0.3 is 9.80 Å². The van der Waals surface area contributed by atoms with Gasteiger partial charge in [-0.25, -0.2) is 4.68 Å². The highest BCUT2D eigenvalue weighted by molar-refractivity contribution is 6.33. The number of carbonyl (C=O) groups is 1. The summed E-state index contributed by atoms with van der Waals surface area (Å²) in [5, 5.41) is 4.74. The van der Waals surface area contributed by atoms with Gasteiger partial charge in [-0.1, -0.05) is 11.6 Å². The lowest BCUT2D eigenvalue weighted by Crippen LogP contribution is -2.47. The first-order valence-corrected chi connectivity index (χ1v) is 8.78. The van der Waals surface area contributed by atoms with E-state index in [1.165, 1.54) is 6.42 Å². The van der Waals surface area contributed by atoms with Gasteiger partial charge in [0, 0.05) is 38.1 Å². The first-order valence-electron chi connectivity index (χ1n) is 8.41. The molecule has 5 nitrogen and oxygen atoms in total. The van der Waals surface area contributed by atoms with Crippen LogP contribution < -0.4 is 0 Å². The fraction of sp³-hybridized carbons (Fsp3) is 0.444. The van der Waals surface area contributed by atoms with Crippen molar-refractivity contribution in [2.45, 2.75) is 18.9 Å². The number of aromatic nitrogens is 2. The second-order valence-corrected chi connectivity index (χ2v) is 7.30. The molecule has 2 aromatic rings. The third kappa shape index (κ3) is 2.82. The van der Waals surface area contributed by atoms with Gasteiger partial charge in [-0.3, -0.25) is 4.79 Å². The van der Waals surface area contributed by atoms with Crippen molar-refractivity contribution in [3.05, 3.63) is 47.2 Å². The second kappa shape index (κ2) is 6.22. The number of piperidine rings is 1. The minimum absolute atomic E-state index is 0.0407. The van der Waals surface area contributed by atoms with E-state index in [1.807, 2.05) is 29.3 Å². The van der Waals surface area contributed by atoms with Crippen LogP contribution in [0.1, 0.15) is 23.2 Å². The molecular formula is C18H21ClN4O. The summed E-state index contributed by atoms with van der Waals surface area (Å²) in [6.07, 6.45) is 5.87. The quantitative estimate of drug-likeness (QED) is 0.841. The van der Waals surface area contributed by atoms with Crippen molar-refractivity contribution >= 4 is 17.5 Å². The molecule has 5 rings (SSSR count). The molecule has 0 unspecified atom stereocenters. The van der Waals surface area contributed by atoms with Crippen LogP contribution in [0.3, 0.4) is 0 Å². The molecule has 24 heavy (non-hydrogen) atoms. The van der Waals surface area contributed by atoms with Crippen LogP contribution in [0.25, 0.3) is 5.69 Å². The Hall–Kier alpha value is -1.85. The van der Waals surface area contributed by atoms with Crippen molar-refractivity contribution in [2.24, 2.45) is 5.92 Å². The van der Waals surface area contributed by atoms with E-state index >= 15 is 0 Å². The molecule has 0 radical (unpaired) electrons. The number of nitrogens with zero attached hydrogens (tertiary/aromatic N) is 4. The first kappa shape index (κ1) is 15.7. The van der Waals surface area contributed by atoms with Crippen LogP contribution in [0, 0.1) is 5.92 Å². The van der Waals surface area contributed by atoms with Crippen LogP contribution in [-0.4, -0.2) is 58.2 Å². The molecule has 2 atom stereocenters. The number of halogens is 1. The molecule has 1 aromatic carbocycles. The molecular weight excluding hydrogens is 324 g/mol. The zero-order valence-electron chi connectivity index (χ0n) is 13.7. The molecule has 1 aromatic heterocycles. The van der Waals surface area contributed by atoms with E-state index in [4.69, 9.17) is 11.6 Å². The van der Waals surface area contributed by atoms with Crippen LogP contribution in [-0.2, 0) is 0 Å². The van der Waals surface area contributed by atoms with E-state index in [9.17, 15) is 4.79 Å². The summed E-state index contributed by atoms with van der Waals surface area (Å²) in [7, 11) is 2.14. The van der Waals surface area contributed by atoms with Crippen LogP contribution in [0.15, 0.2) is 36.7 Å². The number of rotatable bonds is 2. The zero-order chi connectivity index (χ0) is 16.7. The summed E-state index contributed by atoms with van der Waals surface area (Å²) >= 11 is 6.36. The molecule has 1 amide bonds. The van der Waals surface area contributed by atoms with Gasteiger partial charge >= 0.3 is 0 Å². The van der Waals surface area contributed by atoms with Crippen LogP contribution in [0.2, 0.25) is 5.02 Å². The van der Waals surface area contributed by atoms with Crippen molar-refractivity contribution in [1.82, 2.24) is 19.6 Å². The highest BCUT2D eigenvalue weighted by atomic mass is 35.5. The van der Waals surface area contributed by atoms with Gasteiger partial charge in [0.15, 0.2) is 0 Å². The van der Waals surface area contributed by atoms with Gasteiger partial charge in [0.25, 0.3) is 5.91 Å². The minimum Gasteiger partial charge on any atom is -0.334 e. The molecule has 6 heteroatoms. The highest BCUT2D eigenvalue weighted by Crippen LogP contribution is 2.30. The predicted molar refractivity (Wildman–Crippen MR) is 93.6 cm³/mol. The summed E-state index contributed by atoms with van der Waals surface area (Å²) < 4.78 is 1.75. The Morgan fingerprint density at radius 2 is 2.12 bits per heavy atom. The Morgan fingerprint density at radius 3 is 2.92 bits per heavy atom. The molecule has 0 spiro atoms. The Kier molecular flexibility index (Phi) is 4.06. The first-order chi connectivity index (χ1) is 11.6. The number of hydrogen-bond donors (Lipinski definition) is 0. The Morgan fingerprint density at radius 1 is 1.25 bits per heavy atom. The maximum absolute atomic E-state index is 13.2. The van der Waals surface area contributed by atoms with Crippen molar-refractivity contribution in [2.75, 3.05) is 26.7 Å². The molecule has 3 saturated heterocycles. The average molecular weight is 345 g/mol. The minimum atomic E-state index is 0.0407. The van der Waals surface area contributed by atoms with Crippen molar-refractivity contribution in [1.29, 1.82) is 0 Å². The van der Waals surface area contributed by atoms with Gasteiger partial charge in [-0.15, -0.1) is 0 Å². The molecule has 4 heterocycles. The lowest BCUT2D eigenvalue weighted by atomic mass is 9.94. The van der Waals surface area contributed by atoms with E-state index in [0.717, 1.165) is 31.7 Å².